The molecule has 0 unspecified atom stereocenters. The molecule has 0 bridgehead atoms. The van der Waals surface area contributed by atoms with Gasteiger partial charge in [-0.1, -0.05) is 28.1 Å². The average molecular weight is 278 g/mol. The van der Waals surface area contributed by atoms with Crippen LogP contribution in [-0.2, 0) is 0 Å². The maximum absolute atomic E-state index is 4.16. The molecule has 0 atom stereocenters. The summed E-state index contributed by atoms with van der Waals surface area (Å²) in [6.45, 7) is 2.06. The monoisotopic (exact) mass is 277 g/mol. The zero-order valence-corrected chi connectivity index (χ0v) is 10.7. The number of hydrogen-bond acceptors (Lipinski definition) is 3. The van der Waals surface area contributed by atoms with Gasteiger partial charge in [-0.2, -0.15) is 0 Å². The van der Waals surface area contributed by atoms with Crippen molar-refractivity contribution in [3.63, 3.8) is 0 Å². The topological polar surface area (TPSA) is 37.8 Å². The number of aryl methyl sites for hydroxylation is 1. The van der Waals surface area contributed by atoms with E-state index in [1.807, 2.05) is 25.2 Å². The number of hydrogen-bond donors (Lipinski definition) is 1. The summed E-state index contributed by atoms with van der Waals surface area (Å²) >= 11 is 3.51. The lowest BCUT2D eigenvalue weighted by Gasteiger charge is -2.04. The highest BCUT2D eigenvalue weighted by atomic mass is 79.9. The Labute approximate surface area is 103 Å². The quantitative estimate of drug-likeness (QED) is 0.916. The Hall–Kier alpha value is -1.42. The highest BCUT2D eigenvalue weighted by Crippen LogP contribution is 2.24. The molecule has 1 aromatic carbocycles. The third-order valence-electron chi connectivity index (χ3n) is 2.39. The number of halogens is 1. The molecule has 3 nitrogen and oxygen atoms in total. The fourth-order valence-corrected chi connectivity index (χ4v) is 1.75. The Morgan fingerprint density at radius 2 is 1.94 bits per heavy atom. The maximum atomic E-state index is 4.16. The Balaban J connectivity index is 2.38. The Bertz CT molecular complexity index is 494. The molecule has 4 heteroatoms. The van der Waals surface area contributed by atoms with Crippen molar-refractivity contribution >= 4 is 21.7 Å². The van der Waals surface area contributed by atoms with Gasteiger partial charge in [0.1, 0.15) is 5.82 Å². The van der Waals surface area contributed by atoms with Crippen LogP contribution >= 0.6 is 15.9 Å². The molecule has 1 aromatic heterocycles. The fraction of sp³-hybridized carbons (Fsp3) is 0.167. The normalized spacial score (nSPS) is 10.2. The van der Waals surface area contributed by atoms with Crippen molar-refractivity contribution in [2.24, 2.45) is 0 Å². The summed E-state index contributed by atoms with van der Waals surface area (Å²) in [7, 11) is 1.83. The van der Waals surface area contributed by atoms with E-state index in [-0.39, 0.29) is 0 Å². The zero-order chi connectivity index (χ0) is 11.5. The maximum Gasteiger partial charge on any atom is 0.148 e. The molecule has 1 N–H and O–H groups in total. The second-order valence-corrected chi connectivity index (χ2v) is 4.37. The molecule has 0 radical (unpaired) electrons. The van der Waals surface area contributed by atoms with Crippen molar-refractivity contribution in [1.82, 2.24) is 10.2 Å². The smallest absolute Gasteiger partial charge is 0.148 e. The SMILES string of the molecule is CNc1ccc(-c2ccc(C)c(Br)c2)nn1. The van der Waals surface area contributed by atoms with Gasteiger partial charge >= 0.3 is 0 Å². The van der Waals surface area contributed by atoms with Gasteiger partial charge in [-0.15, -0.1) is 10.2 Å². The van der Waals surface area contributed by atoms with Gasteiger partial charge in [0.25, 0.3) is 0 Å². The molecule has 16 heavy (non-hydrogen) atoms. The molecule has 1 heterocycles. The van der Waals surface area contributed by atoms with Crippen LogP contribution in [0.15, 0.2) is 34.8 Å². The summed E-state index contributed by atoms with van der Waals surface area (Å²) in [4.78, 5) is 0. The summed E-state index contributed by atoms with van der Waals surface area (Å²) in [5.41, 5.74) is 3.15. The minimum absolute atomic E-state index is 0.773. The first-order valence-corrected chi connectivity index (χ1v) is 5.78. The van der Waals surface area contributed by atoms with Gasteiger partial charge in [-0.25, -0.2) is 0 Å². The highest BCUT2D eigenvalue weighted by Gasteiger charge is 2.02. The molecule has 0 spiro atoms. The molecule has 2 rings (SSSR count). The van der Waals surface area contributed by atoms with Gasteiger partial charge in [0.15, 0.2) is 0 Å². The van der Waals surface area contributed by atoms with Crippen LogP contribution in [0.1, 0.15) is 5.56 Å². The van der Waals surface area contributed by atoms with Crippen molar-refractivity contribution in [3.8, 4) is 11.3 Å². The number of nitrogens with zero attached hydrogens (tertiary/aromatic N) is 2. The van der Waals surface area contributed by atoms with Crippen molar-refractivity contribution in [3.05, 3.63) is 40.4 Å². The van der Waals surface area contributed by atoms with Gasteiger partial charge in [0.05, 0.1) is 5.69 Å². The predicted octanol–water partition coefficient (Wildman–Crippen LogP) is 3.26. The molecule has 2 aromatic rings. The average Bonchev–Trinajstić information content (AvgIpc) is 2.33. The van der Waals surface area contributed by atoms with E-state index in [9.17, 15) is 0 Å². The molecule has 0 saturated heterocycles. The van der Waals surface area contributed by atoms with E-state index in [1.54, 1.807) is 0 Å². The lowest BCUT2D eigenvalue weighted by Crippen LogP contribution is -1.95. The molecule has 0 aliphatic rings. The number of nitrogens with one attached hydrogen (secondary N) is 1. The van der Waals surface area contributed by atoms with E-state index in [4.69, 9.17) is 0 Å². The van der Waals surface area contributed by atoms with E-state index in [2.05, 4.69) is 50.5 Å². The number of anilines is 1. The highest BCUT2D eigenvalue weighted by molar-refractivity contribution is 9.10. The van der Waals surface area contributed by atoms with Crippen LogP contribution in [0.4, 0.5) is 5.82 Å². The van der Waals surface area contributed by atoms with Gasteiger partial charge in [-0.3, -0.25) is 0 Å². The van der Waals surface area contributed by atoms with Crippen molar-refractivity contribution in [2.75, 3.05) is 12.4 Å². The van der Waals surface area contributed by atoms with Crippen molar-refractivity contribution in [2.45, 2.75) is 6.92 Å². The second kappa shape index (κ2) is 4.61. The minimum Gasteiger partial charge on any atom is -0.372 e. The molecule has 82 valence electrons. The van der Waals surface area contributed by atoms with Crippen LogP contribution in [0, 0.1) is 6.92 Å². The number of aromatic nitrogens is 2. The summed E-state index contributed by atoms with van der Waals surface area (Å²) < 4.78 is 1.09. The van der Waals surface area contributed by atoms with E-state index in [0.717, 1.165) is 21.5 Å². The molecule has 0 aliphatic heterocycles. The molecular formula is C12H12BrN3. The van der Waals surface area contributed by atoms with E-state index >= 15 is 0 Å². The van der Waals surface area contributed by atoms with Crippen LogP contribution in [0.2, 0.25) is 0 Å². The van der Waals surface area contributed by atoms with Crippen LogP contribution < -0.4 is 5.32 Å². The van der Waals surface area contributed by atoms with Crippen LogP contribution in [-0.4, -0.2) is 17.2 Å². The molecule has 0 aliphatic carbocycles. The van der Waals surface area contributed by atoms with Gasteiger partial charge in [-0.05, 0) is 30.7 Å². The van der Waals surface area contributed by atoms with Crippen LogP contribution in [0.5, 0.6) is 0 Å². The lowest BCUT2D eigenvalue weighted by atomic mass is 10.1. The summed E-state index contributed by atoms with van der Waals surface area (Å²) in [5, 5.41) is 11.1. The lowest BCUT2D eigenvalue weighted by molar-refractivity contribution is 1.04. The molecular weight excluding hydrogens is 266 g/mol. The zero-order valence-electron chi connectivity index (χ0n) is 9.16. The third-order valence-corrected chi connectivity index (χ3v) is 3.24. The predicted molar refractivity (Wildman–Crippen MR) is 69.5 cm³/mol. The summed E-state index contributed by atoms with van der Waals surface area (Å²) in [5.74, 6) is 0.773. The Kier molecular flexibility index (Phi) is 3.19. The largest absolute Gasteiger partial charge is 0.372 e. The fourth-order valence-electron chi connectivity index (χ4n) is 1.37. The third kappa shape index (κ3) is 2.22. The van der Waals surface area contributed by atoms with Crippen LogP contribution in [0.3, 0.4) is 0 Å². The van der Waals surface area contributed by atoms with E-state index in [0.29, 0.717) is 0 Å². The standard InChI is InChI=1S/C12H12BrN3/c1-8-3-4-9(7-10(8)13)11-5-6-12(14-2)16-15-11/h3-7H,1-2H3,(H,14,16). The first kappa shape index (κ1) is 11.1. The number of rotatable bonds is 2. The molecule has 0 fully saturated rings. The van der Waals surface area contributed by atoms with Gasteiger partial charge < -0.3 is 5.32 Å². The first-order chi connectivity index (χ1) is 7.70. The summed E-state index contributed by atoms with van der Waals surface area (Å²) in [6.07, 6.45) is 0. The van der Waals surface area contributed by atoms with E-state index < -0.39 is 0 Å². The Morgan fingerprint density at radius 1 is 1.12 bits per heavy atom. The second-order valence-electron chi connectivity index (χ2n) is 3.52. The Morgan fingerprint density at radius 3 is 2.50 bits per heavy atom. The molecule has 0 saturated carbocycles. The number of benzene rings is 1. The van der Waals surface area contributed by atoms with Crippen LogP contribution in [0.25, 0.3) is 11.3 Å². The van der Waals surface area contributed by atoms with Gasteiger partial charge in [0.2, 0.25) is 0 Å². The summed E-state index contributed by atoms with van der Waals surface area (Å²) in [6, 6.07) is 10.0. The minimum atomic E-state index is 0.773. The van der Waals surface area contributed by atoms with E-state index in [1.165, 1.54) is 5.56 Å². The van der Waals surface area contributed by atoms with Crippen molar-refractivity contribution in [1.29, 1.82) is 0 Å². The molecule has 0 amide bonds. The van der Waals surface area contributed by atoms with Gasteiger partial charge in [0, 0.05) is 17.1 Å². The van der Waals surface area contributed by atoms with Crippen molar-refractivity contribution < 1.29 is 0 Å². The first-order valence-electron chi connectivity index (χ1n) is 4.98.